The number of hydrogen-bond acceptors (Lipinski definition) is 3. The highest BCUT2D eigenvalue weighted by atomic mass is 16.7. The van der Waals surface area contributed by atoms with E-state index < -0.39 is 0 Å². The zero-order chi connectivity index (χ0) is 14.7. The molecule has 1 unspecified atom stereocenters. The molecule has 3 heteroatoms. The van der Waals surface area contributed by atoms with Crippen LogP contribution in [0, 0.1) is 0 Å². The van der Waals surface area contributed by atoms with E-state index in [1.54, 1.807) is 0 Å². The summed E-state index contributed by atoms with van der Waals surface area (Å²) in [5.41, 5.74) is 9.88. The van der Waals surface area contributed by atoms with Crippen molar-refractivity contribution < 1.29 is 9.47 Å². The third kappa shape index (κ3) is 3.03. The molecule has 2 aromatic rings. The van der Waals surface area contributed by atoms with E-state index in [1.807, 2.05) is 6.07 Å². The van der Waals surface area contributed by atoms with Gasteiger partial charge in [0.15, 0.2) is 11.5 Å². The molecular formula is C18H21NO2. The highest BCUT2D eigenvalue weighted by Gasteiger charge is 2.17. The van der Waals surface area contributed by atoms with Crippen LogP contribution in [0.1, 0.15) is 29.5 Å². The van der Waals surface area contributed by atoms with Gasteiger partial charge < -0.3 is 15.2 Å². The number of benzene rings is 2. The molecule has 3 rings (SSSR count). The first-order valence-electron chi connectivity index (χ1n) is 7.47. The van der Waals surface area contributed by atoms with Crippen LogP contribution in [0.25, 0.3) is 0 Å². The Bertz CT molecular complexity index is 607. The summed E-state index contributed by atoms with van der Waals surface area (Å²) in [4.78, 5) is 0. The van der Waals surface area contributed by atoms with Crippen molar-refractivity contribution in [2.45, 2.75) is 25.7 Å². The van der Waals surface area contributed by atoms with Crippen LogP contribution in [-0.2, 0) is 12.8 Å². The summed E-state index contributed by atoms with van der Waals surface area (Å²) in [6.07, 6.45) is 2.02. The fraction of sp³-hybridized carbons (Fsp3) is 0.333. The van der Waals surface area contributed by atoms with Crippen LogP contribution < -0.4 is 15.2 Å². The Morgan fingerprint density at radius 2 is 1.71 bits per heavy atom. The van der Waals surface area contributed by atoms with Gasteiger partial charge in [0.05, 0.1) is 0 Å². The predicted molar refractivity (Wildman–Crippen MR) is 83.9 cm³/mol. The number of nitrogens with two attached hydrogens (primary N) is 1. The largest absolute Gasteiger partial charge is 0.454 e. The lowest BCUT2D eigenvalue weighted by atomic mass is 9.91. The van der Waals surface area contributed by atoms with Gasteiger partial charge in [-0.3, -0.25) is 0 Å². The van der Waals surface area contributed by atoms with Crippen LogP contribution in [0.5, 0.6) is 11.5 Å². The van der Waals surface area contributed by atoms with E-state index in [9.17, 15) is 0 Å². The van der Waals surface area contributed by atoms with E-state index in [1.165, 1.54) is 16.7 Å². The topological polar surface area (TPSA) is 44.5 Å². The molecule has 0 fully saturated rings. The molecule has 0 saturated carbocycles. The predicted octanol–water partition coefficient (Wildman–Crippen LogP) is 3.26. The zero-order valence-electron chi connectivity index (χ0n) is 12.3. The van der Waals surface area contributed by atoms with Gasteiger partial charge in [-0.05, 0) is 48.2 Å². The van der Waals surface area contributed by atoms with Crippen LogP contribution in [-0.4, -0.2) is 13.3 Å². The van der Waals surface area contributed by atoms with Gasteiger partial charge in [-0.25, -0.2) is 0 Å². The molecule has 0 saturated heterocycles. The SMILES string of the molecule is CCc1ccc(CC(CN)c2ccc3c(c2)OCO3)cc1. The lowest BCUT2D eigenvalue weighted by molar-refractivity contribution is 0.174. The average Bonchev–Trinajstić information content (AvgIpc) is 3.00. The maximum absolute atomic E-state index is 5.98. The third-order valence-electron chi connectivity index (χ3n) is 4.07. The van der Waals surface area contributed by atoms with Gasteiger partial charge >= 0.3 is 0 Å². The Morgan fingerprint density at radius 1 is 1.00 bits per heavy atom. The normalized spacial score (nSPS) is 14.2. The molecular weight excluding hydrogens is 262 g/mol. The molecule has 0 aliphatic carbocycles. The van der Waals surface area contributed by atoms with Crippen molar-refractivity contribution in [3.63, 3.8) is 0 Å². The van der Waals surface area contributed by atoms with E-state index in [0.29, 0.717) is 19.3 Å². The van der Waals surface area contributed by atoms with Crippen LogP contribution >= 0.6 is 0 Å². The maximum atomic E-state index is 5.98. The molecule has 1 aliphatic rings. The molecule has 0 amide bonds. The lowest BCUT2D eigenvalue weighted by Crippen LogP contribution is -2.15. The molecule has 0 bridgehead atoms. The smallest absolute Gasteiger partial charge is 0.231 e. The van der Waals surface area contributed by atoms with Gasteiger partial charge in [0.25, 0.3) is 0 Å². The Balaban J connectivity index is 1.78. The molecule has 0 spiro atoms. The van der Waals surface area contributed by atoms with Gasteiger partial charge in [-0.15, -0.1) is 0 Å². The van der Waals surface area contributed by atoms with Crippen molar-refractivity contribution in [2.24, 2.45) is 5.73 Å². The molecule has 1 heterocycles. The minimum absolute atomic E-state index is 0.298. The highest BCUT2D eigenvalue weighted by Crippen LogP contribution is 2.35. The molecule has 3 nitrogen and oxygen atoms in total. The molecule has 2 N–H and O–H groups in total. The Kier molecular flexibility index (Phi) is 4.11. The summed E-state index contributed by atoms with van der Waals surface area (Å²) in [7, 11) is 0. The van der Waals surface area contributed by atoms with Crippen molar-refractivity contribution in [3.05, 3.63) is 59.2 Å². The summed E-state index contributed by atoms with van der Waals surface area (Å²) in [5, 5.41) is 0. The van der Waals surface area contributed by atoms with Gasteiger partial charge in [-0.2, -0.15) is 0 Å². The molecule has 2 aromatic carbocycles. The number of fused-ring (bicyclic) bond motifs is 1. The summed E-state index contributed by atoms with van der Waals surface area (Å²) >= 11 is 0. The molecule has 0 radical (unpaired) electrons. The van der Waals surface area contributed by atoms with Gasteiger partial charge in [-0.1, -0.05) is 37.3 Å². The first-order valence-corrected chi connectivity index (χ1v) is 7.47. The van der Waals surface area contributed by atoms with E-state index in [-0.39, 0.29) is 0 Å². The number of ether oxygens (including phenoxy) is 2. The first-order chi connectivity index (χ1) is 10.3. The fourth-order valence-electron chi connectivity index (χ4n) is 2.70. The van der Waals surface area contributed by atoms with E-state index >= 15 is 0 Å². The second-order valence-electron chi connectivity index (χ2n) is 5.42. The van der Waals surface area contributed by atoms with Crippen LogP contribution in [0.4, 0.5) is 0 Å². The number of rotatable bonds is 5. The van der Waals surface area contributed by atoms with E-state index in [2.05, 4.69) is 43.3 Å². The maximum Gasteiger partial charge on any atom is 0.231 e. The zero-order valence-corrected chi connectivity index (χ0v) is 12.3. The Hall–Kier alpha value is -2.00. The van der Waals surface area contributed by atoms with Gasteiger partial charge in [0.1, 0.15) is 0 Å². The van der Waals surface area contributed by atoms with Gasteiger partial charge in [0, 0.05) is 5.92 Å². The second kappa shape index (κ2) is 6.19. The first kappa shape index (κ1) is 14.0. The second-order valence-corrected chi connectivity index (χ2v) is 5.42. The Labute approximate surface area is 125 Å². The molecule has 110 valence electrons. The standard InChI is InChI=1S/C18H21NO2/c1-2-13-3-5-14(6-4-13)9-16(11-19)15-7-8-17-18(10-15)21-12-20-17/h3-8,10,16H,2,9,11-12,19H2,1H3. The summed E-state index contributed by atoms with van der Waals surface area (Å²) in [6.45, 7) is 3.10. The summed E-state index contributed by atoms with van der Waals surface area (Å²) < 4.78 is 10.8. The number of hydrogen-bond donors (Lipinski definition) is 1. The monoisotopic (exact) mass is 283 g/mol. The minimum Gasteiger partial charge on any atom is -0.454 e. The van der Waals surface area contributed by atoms with E-state index in [0.717, 1.165) is 24.3 Å². The van der Waals surface area contributed by atoms with Crippen LogP contribution in [0.15, 0.2) is 42.5 Å². The van der Waals surface area contributed by atoms with Crippen molar-refractivity contribution in [3.8, 4) is 11.5 Å². The van der Waals surface area contributed by atoms with Crippen LogP contribution in [0.3, 0.4) is 0 Å². The van der Waals surface area contributed by atoms with Crippen molar-refractivity contribution in [2.75, 3.05) is 13.3 Å². The van der Waals surface area contributed by atoms with Crippen LogP contribution in [0.2, 0.25) is 0 Å². The third-order valence-corrected chi connectivity index (χ3v) is 4.07. The molecule has 1 aliphatic heterocycles. The fourth-order valence-corrected chi connectivity index (χ4v) is 2.70. The van der Waals surface area contributed by atoms with Crippen molar-refractivity contribution in [1.29, 1.82) is 0 Å². The van der Waals surface area contributed by atoms with Crippen molar-refractivity contribution >= 4 is 0 Å². The molecule has 0 aromatic heterocycles. The molecule has 1 atom stereocenters. The Morgan fingerprint density at radius 3 is 2.43 bits per heavy atom. The van der Waals surface area contributed by atoms with Crippen molar-refractivity contribution in [1.82, 2.24) is 0 Å². The quantitative estimate of drug-likeness (QED) is 0.916. The number of aryl methyl sites for hydroxylation is 1. The average molecular weight is 283 g/mol. The highest BCUT2D eigenvalue weighted by molar-refractivity contribution is 5.45. The summed E-state index contributed by atoms with van der Waals surface area (Å²) in [6, 6.07) is 14.9. The van der Waals surface area contributed by atoms with E-state index in [4.69, 9.17) is 15.2 Å². The molecule has 21 heavy (non-hydrogen) atoms. The minimum atomic E-state index is 0.298. The van der Waals surface area contributed by atoms with Gasteiger partial charge in [0.2, 0.25) is 6.79 Å². The lowest BCUT2D eigenvalue weighted by Gasteiger charge is -2.16. The summed E-state index contributed by atoms with van der Waals surface area (Å²) in [5.74, 6) is 1.95.